The molecule has 0 radical (unpaired) electrons. The summed E-state index contributed by atoms with van der Waals surface area (Å²) in [7, 11) is 0. The molecule has 1 nitrogen and oxygen atoms in total. The van der Waals surface area contributed by atoms with Crippen molar-refractivity contribution < 1.29 is 9.13 Å². The third-order valence-corrected chi connectivity index (χ3v) is 1.47. The van der Waals surface area contributed by atoms with Crippen LogP contribution in [-0.4, -0.2) is 6.61 Å². The molecule has 13 heavy (non-hydrogen) atoms. The Balaban J connectivity index is 2.39. The Kier molecular flexibility index (Phi) is 3.84. The first-order valence-electron chi connectivity index (χ1n) is 4.11. The van der Waals surface area contributed by atoms with E-state index in [4.69, 9.17) is 4.74 Å². The van der Waals surface area contributed by atoms with E-state index < -0.39 is 0 Å². The van der Waals surface area contributed by atoms with Gasteiger partial charge in [0.15, 0.2) is 0 Å². The van der Waals surface area contributed by atoms with E-state index in [0.717, 1.165) is 0 Å². The molecule has 1 aromatic rings. The Morgan fingerprint density at radius 2 is 2.31 bits per heavy atom. The van der Waals surface area contributed by atoms with E-state index in [2.05, 4.69) is 11.8 Å². The summed E-state index contributed by atoms with van der Waals surface area (Å²) in [6.45, 7) is 2.28. The average molecular weight is 178 g/mol. The maximum absolute atomic E-state index is 12.6. The van der Waals surface area contributed by atoms with E-state index >= 15 is 0 Å². The van der Waals surface area contributed by atoms with Crippen molar-refractivity contribution in [2.75, 3.05) is 6.61 Å². The highest BCUT2D eigenvalue weighted by molar-refractivity contribution is 5.22. The molecular weight excluding hydrogens is 167 g/mol. The summed E-state index contributed by atoms with van der Waals surface area (Å²) in [6, 6.07) is 6.09. The summed E-state index contributed by atoms with van der Waals surface area (Å²) in [4.78, 5) is 0. The van der Waals surface area contributed by atoms with Gasteiger partial charge in [0.2, 0.25) is 0 Å². The third kappa shape index (κ3) is 3.62. The molecule has 0 aliphatic rings. The molecular formula is C11H11FO. The number of hydrogen-bond donors (Lipinski definition) is 0. The molecule has 0 saturated carbocycles. The third-order valence-electron chi connectivity index (χ3n) is 1.47. The van der Waals surface area contributed by atoms with Crippen LogP contribution in [0.2, 0.25) is 0 Å². The lowest BCUT2D eigenvalue weighted by Crippen LogP contribution is -1.95. The predicted molar refractivity (Wildman–Crippen MR) is 50.0 cm³/mol. The summed E-state index contributed by atoms with van der Waals surface area (Å²) in [5.74, 6) is 5.90. The van der Waals surface area contributed by atoms with Gasteiger partial charge in [-0.05, 0) is 19.1 Å². The molecule has 68 valence electrons. The van der Waals surface area contributed by atoms with Gasteiger partial charge in [0.25, 0.3) is 0 Å². The van der Waals surface area contributed by atoms with Gasteiger partial charge in [-0.15, -0.1) is 11.8 Å². The molecule has 1 aromatic carbocycles. The molecule has 0 aliphatic heterocycles. The highest BCUT2D eigenvalue weighted by Crippen LogP contribution is 2.11. The Labute approximate surface area is 77.5 Å². The van der Waals surface area contributed by atoms with E-state index in [-0.39, 0.29) is 5.82 Å². The van der Waals surface area contributed by atoms with Gasteiger partial charge in [0, 0.05) is 12.5 Å². The first-order valence-corrected chi connectivity index (χ1v) is 4.11. The Morgan fingerprint density at radius 3 is 3.00 bits per heavy atom. The second kappa shape index (κ2) is 5.21. The largest absolute Gasteiger partial charge is 0.492 e. The average Bonchev–Trinajstić information content (AvgIpc) is 2.13. The summed E-state index contributed by atoms with van der Waals surface area (Å²) in [5, 5.41) is 0. The Bertz CT molecular complexity index is 322. The minimum atomic E-state index is -0.279. The van der Waals surface area contributed by atoms with Gasteiger partial charge >= 0.3 is 0 Å². The molecule has 0 fully saturated rings. The van der Waals surface area contributed by atoms with Crippen molar-refractivity contribution in [1.82, 2.24) is 0 Å². The van der Waals surface area contributed by atoms with Crippen molar-refractivity contribution in [2.24, 2.45) is 0 Å². The van der Waals surface area contributed by atoms with Crippen LogP contribution in [0, 0.1) is 17.7 Å². The number of halogens is 1. The molecule has 1 rings (SSSR count). The van der Waals surface area contributed by atoms with Gasteiger partial charge in [0.1, 0.15) is 11.6 Å². The normalized spacial score (nSPS) is 8.77. The zero-order valence-electron chi connectivity index (χ0n) is 7.51. The summed E-state index contributed by atoms with van der Waals surface area (Å²) < 4.78 is 17.9. The van der Waals surface area contributed by atoms with Crippen LogP contribution in [0.3, 0.4) is 0 Å². The topological polar surface area (TPSA) is 9.23 Å². The highest BCUT2D eigenvalue weighted by atomic mass is 19.1. The summed E-state index contributed by atoms with van der Waals surface area (Å²) in [5.41, 5.74) is 0. The SMILES string of the molecule is CC#CCCOc1cccc(F)c1. The van der Waals surface area contributed by atoms with Crippen molar-refractivity contribution in [3.63, 3.8) is 0 Å². The lowest BCUT2D eigenvalue weighted by atomic mass is 10.3. The molecule has 0 saturated heterocycles. The molecule has 0 aliphatic carbocycles. The second-order valence-electron chi connectivity index (χ2n) is 2.48. The highest BCUT2D eigenvalue weighted by Gasteiger charge is 1.93. The van der Waals surface area contributed by atoms with Gasteiger partial charge in [-0.25, -0.2) is 4.39 Å². The van der Waals surface area contributed by atoms with Crippen LogP contribution in [-0.2, 0) is 0 Å². The van der Waals surface area contributed by atoms with Gasteiger partial charge in [-0.2, -0.15) is 0 Å². The fourth-order valence-electron chi connectivity index (χ4n) is 0.902. The van der Waals surface area contributed by atoms with Gasteiger partial charge < -0.3 is 4.74 Å². The molecule has 0 N–H and O–H groups in total. The lowest BCUT2D eigenvalue weighted by molar-refractivity contribution is 0.325. The van der Waals surface area contributed by atoms with Crippen LogP contribution in [0.5, 0.6) is 5.75 Å². The maximum atomic E-state index is 12.6. The molecule has 0 heterocycles. The van der Waals surface area contributed by atoms with Crippen LogP contribution >= 0.6 is 0 Å². The zero-order valence-corrected chi connectivity index (χ0v) is 7.51. The molecule has 0 amide bonds. The first kappa shape index (κ1) is 9.60. The molecule has 0 bridgehead atoms. The van der Waals surface area contributed by atoms with Crippen LogP contribution in [0.4, 0.5) is 4.39 Å². The van der Waals surface area contributed by atoms with Gasteiger partial charge in [0.05, 0.1) is 6.61 Å². The fourth-order valence-corrected chi connectivity index (χ4v) is 0.902. The fraction of sp³-hybridized carbons (Fsp3) is 0.273. The monoisotopic (exact) mass is 178 g/mol. The summed E-state index contributed by atoms with van der Waals surface area (Å²) in [6.07, 6.45) is 0.674. The molecule has 0 atom stereocenters. The van der Waals surface area contributed by atoms with E-state index in [1.807, 2.05) is 0 Å². The van der Waals surface area contributed by atoms with Crippen molar-refractivity contribution in [3.8, 4) is 17.6 Å². The minimum Gasteiger partial charge on any atom is -0.492 e. The number of hydrogen-bond acceptors (Lipinski definition) is 1. The molecule has 0 unspecified atom stereocenters. The van der Waals surface area contributed by atoms with Crippen LogP contribution in [0.15, 0.2) is 24.3 Å². The molecule has 0 spiro atoms. The predicted octanol–water partition coefficient (Wildman–Crippen LogP) is 2.62. The van der Waals surface area contributed by atoms with Crippen LogP contribution < -0.4 is 4.74 Å². The van der Waals surface area contributed by atoms with E-state index in [0.29, 0.717) is 18.8 Å². The van der Waals surface area contributed by atoms with Gasteiger partial charge in [-0.3, -0.25) is 0 Å². The van der Waals surface area contributed by atoms with Gasteiger partial charge in [-0.1, -0.05) is 6.07 Å². The Morgan fingerprint density at radius 1 is 1.46 bits per heavy atom. The molecule has 0 aromatic heterocycles. The number of benzene rings is 1. The minimum absolute atomic E-state index is 0.279. The van der Waals surface area contributed by atoms with E-state index in [9.17, 15) is 4.39 Å². The number of ether oxygens (including phenoxy) is 1. The van der Waals surface area contributed by atoms with Crippen molar-refractivity contribution in [2.45, 2.75) is 13.3 Å². The maximum Gasteiger partial charge on any atom is 0.126 e. The van der Waals surface area contributed by atoms with Crippen molar-refractivity contribution >= 4 is 0 Å². The second-order valence-corrected chi connectivity index (χ2v) is 2.48. The van der Waals surface area contributed by atoms with E-state index in [1.165, 1.54) is 12.1 Å². The quantitative estimate of drug-likeness (QED) is 0.510. The lowest BCUT2D eigenvalue weighted by Gasteiger charge is -2.02. The van der Waals surface area contributed by atoms with E-state index in [1.54, 1.807) is 19.1 Å². The zero-order chi connectivity index (χ0) is 9.52. The first-order chi connectivity index (χ1) is 6.33. The van der Waals surface area contributed by atoms with Crippen molar-refractivity contribution in [1.29, 1.82) is 0 Å². The van der Waals surface area contributed by atoms with Crippen LogP contribution in [0.25, 0.3) is 0 Å². The smallest absolute Gasteiger partial charge is 0.126 e. The van der Waals surface area contributed by atoms with Crippen molar-refractivity contribution in [3.05, 3.63) is 30.1 Å². The Hall–Kier alpha value is -1.49. The molecule has 2 heteroatoms. The summed E-state index contributed by atoms with van der Waals surface area (Å²) >= 11 is 0. The van der Waals surface area contributed by atoms with Crippen LogP contribution in [0.1, 0.15) is 13.3 Å². The standard InChI is InChI=1S/C11H11FO/c1-2-3-4-8-13-11-7-5-6-10(12)9-11/h5-7,9H,4,8H2,1H3. The number of rotatable bonds is 3.